The van der Waals surface area contributed by atoms with Crippen molar-refractivity contribution in [3.63, 3.8) is 0 Å². The lowest BCUT2D eigenvalue weighted by Gasteiger charge is -2.41. The highest BCUT2D eigenvalue weighted by atomic mass is 14.4. The van der Waals surface area contributed by atoms with Gasteiger partial charge in [0.1, 0.15) is 0 Å². The number of rotatable bonds is 18. The van der Waals surface area contributed by atoms with Crippen LogP contribution in [0.5, 0.6) is 0 Å². The van der Waals surface area contributed by atoms with Crippen LogP contribution in [0.2, 0.25) is 0 Å². The van der Waals surface area contributed by atoms with Crippen molar-refractivity contribution >= 4 is 0 Å². The van der Waals surface area contributed by atoms with E-state index in [0.717, 1.165) is 35.5 Å². The molecule has 4 aliphatic rings. The normalized spacial score (nSPS) is 32.9. The molecule has 4 saturated carbocycles. The molecule has 0 aromatic rings. The fraction of sp³-hybridized carbons (Fsp3) is 0.880. The van der Waals surface area contributed by atoms with E-state index in [-0.39, 0.29) is 10.8 Å². The van der Waals surface area contributed by atoms with E-state index in [1.54, 1.807) is 0 Å². The Morgan fingerprint density at radius 1 is 0.360 bits per heavy atom. The van der Waals surface area contributed by atoms with Gasteiger partial charge in [-0.05, 0) is 149 Å². The van der Waals surface area contributed by atoms with Crippen LogP contribution in [-0.4, -0.2) is 0 Å². The van der Waals surface area contributed by atoms with Crippen molar-refractivity contribution in [1.29, 1.82) is 0 Å². The fourth-order valence-corrected chi connectivity index (χ4v) is 11.3. The molecular weight excluding hydrogens is 601 g/mol. The van der Waals surface area contributed by atoms with Crippen LogP contribution < -0.4 is 0 Å². The van der Waals surface area contributed by atoms with Crippen LogP contribution in [0.15, 0.2) is 0 Å². The zero-order valence-corrected chi connectivity index (χ0v) is 34.1. The Balaban J connectivity index is 1.29. The van der Waals surface area contributed by atoms with E-state index in [9.17, 15) is 0 Å². The van der Waals surface area contributed by atoms with Crippen LogP contribution in [0, 0.1) is 81.9 Å². The van der Waals surface area contributed by atoms with Crippen LogP contribution >= 0.6 is 0 Å². The molecule has 50 heavy (non-hydrogen) atoms. The van der Waals surface area contributed by atoms with Gasteiger partial charge in [0.05, 0.1) is 0 Å². The van der Waals surface area contributed by atoms with Gasteiger partial charge in [0.15, 0.2) is 0 Å². The fourth-order valence-electron chi connectivity index (χ4n) is 11.3. The van der Waals surface area contributed by atoms with E-state index >= 15 is 0 Å². The Hall–Kier alpha value is -1.32. The molecule has 0 saturated heterocycles. The van der Waals surface area contributed by atoms with E-state index in [0.29, 0.717) is 0 Å². The summed E-state index contributed by atoms with van der Waals surface area (Å²) < 4.78 is 0. The Morgan fingerprint density at radius 3 is 1.02 bits per heavy atom. The molecule has 4 rings (SSSR count). The van der Waals surface area contributed by atoms with Gasteiger partial charge in [-0.2, -0.15) is 0 Å². The first kappa shape index (κ1) is 41.4. The molecule has 0 radical (unpaired) electrons. The number of unbranched alkanes of at least 4 members (excludes halogenated alkanes) is 8. The number of hydrogen-bond donors (Lipinski definition) is 0. The first-order valence-corrected chi connectivity index (χ1v) is 23.1. The summed E-state index contributed by atoms with van der Waals surface area (Å²) in [5, 5.41) is 0. The lowest BCUT2D eigenvalue weighted by atomic mass is 9.63. The summed E-state index contributed by atoms with van der Waals surface area (Å²) in [6.07, 6.45) is 44.8. The Kier molecular flexibility index (Phi) is 19.4. The zero-order chi connectivity index (χ0) is 35.3. The van der Waals surface area contributed by atoms with Gasteiger partial charge >= 0.3 is 0 Å². The highest BCUT2D eigenvalue weighted by molar-refractivity contribution is 5.38. The van der Waals surface area contributed by atoms with Crippen molar-refractivity contribution in [3.05, 3.63) is 0 Å². The van der Waals surface area contributed by atoms with Gasteiger partial charge in [-0.3, -0.25) is 0 Å². The molecule has 0 nitrogen and oxygen atoms in total. The van der Waals surface area contributed by atoms with E-state index in [1.165, 1.54) is 205 Å². The molecule has 0 heteroatoms. The standard InChI is InChI=1S/C50H82/c1-5-9-15-21-43-23-27-45(28-24-43)47-31-39-49(40-32-47,35-17-11-7-3)37-19-13-14-20-38-50(36-18-12-8-4)41-33-48(34-42-50)46-29-25-44(26-30-46)22-16-10-6-2/h43-48H,5-12,15-18,21-36,39-42H2,1-4H3. The Bertz CT molecular complexity index is 988. The second-order valence-electron chi connectivity index (χ2n) is 18.5. The van der Waals surface area contributed by atoms with Crippen LogP contribution in [0.3, 0.4) is 0 Å². The second-order valence-corrected chi connectivity index (χ2v) is 18.5. The molecule has 0 unspecified atom stereocenters. The van der Waals surface area contributed by atoms with Gasteiger partial charge in [0, 0.05) is 10.8 Å². The molecule has 0 atom stereocenters. The quantitative estimate of drug-likeness (QED) is 0.0997. The largest absolute Gasteiger partial charge is 0.0823 e. The first-order valence-electron chi connectivity index (χ1n) is 23.1. The molecule has 282 valence electrons. The van der Waals surface area contributed by atoms with Gasteiger partial charge in [0.25, 0.3) is 0 Å². The van der Waals surface area contributed by atoms with Crippen molar-refractivity contribution in [2.45, 2.75) is 233 Å². The maximum atomic E-state index is 3.81. The molecule has 0 bridgehead atoms. The summed E-state index contributed by atoms with van der Waals surface area (Å²) in [5.41, 5.74) is 0.416. The SMILES string of the molecule is CCCCCC1CCC(C2CCC(C#CC#CC#CC3(CCCCC)CCC(C4CCC(CCCCC)CC4)CC3)(CCCCC)CC2)CC1. The third-order valence-corrected chi connectivity index (χ3v) is 14.9. The highest BCUT2D eigenvalue weighted by Gasteiger charge is 2.38. The molecule has 0 aromatic heterocycles. The summed E-state index contributed by atoms with van der Waals surface area (Å²) in [6.45, 7) is 9.34. The zero-order valence-electron chi connectivity index (χ0n) is 34.1. The van der Waals surface area contributed by atoms with Crippen LogP contribution in [0.25, 0.3) is 0 Å². The van der Waals surface area contributed by atoms with Gasteiger partial charge in [-0.1, -0.05) is 155 Å². The van der Waals surface area contributed by atoms with Crippen molar-refractivity contribution in [1.82, 2.24) is 0 Å². The molecule has 0 aliphatic heterocycles. The molecule has 0 spiro atoms. The van der Waals surface area contributed by atoms with Crippen LogP contribution in [0.1, 0.15) is 233 Å². The third-order valence-electron chi connectivity index (χ3n) is 14.9. The minimum Gasteiger partial charge on any atom is -0.0823 e. The summed E-state index contributed by atoms with van der Waals surface area (Å²) in [7, 11) is 0. The van der Waals surface area contributed by atoms with Gasteiger partial charge in [-0.15, -0.1) is 0 Å². The van der Waals surface area contributed by atoms with Crippen molar-refractivity contribution in [2.24, 2.45) is 46.3 Å². The van der Waals surface area contributed by atoms with Gasteiger partial charge < -0.3 is 0 Å². The third kappa shape index (κ3) is 13.9. The lowest BCUT2D eigenvalue weighted by molar-refractivity contribution is 0.115. The predicted molar refractivity (Wildman–Crippen MR) is 220 cm³/mol. The van der Waals surface area contributed by atoms with E-state index < -0.39 is 0 Å². The van der Waals surface area contributed by atoms with Crippen molar-refractivity contribution < 1.29 is 0 Å². The smallest absolute Gasteiger partial charge is 0.0325 e. The topological polar surface area (TPSA) is 0 Å². The summed E-state index contributed by atoms with van der Waals surface area (Å²) in [4.78, 5) is 0. The predicted octanol–water partition coefficient (Wildman–Crippen LogP) is 15.3. The molecule has 0 N–H and O–H groups in total. The first-order chi connectivity index (χ1) is 24.5. The van der Waals surface area contributed by atoms with Gasteiger partial charge in [0.2, 0.25) is 0 Å². The summed E-state index contributed by atoms with van der Waals surface area (Å²) in [6, 6.07) is 0. The Morgan fingerprint density at radius 2 is 0.680 bits per heavy atom. The van der Waals surface area contributed by atoms with Crippen LogP contribution in [-0.2, 0) is 0 Å². The molecule has 0 aromatic carbocycles. The molecule has 0 heterocycles. The molecular formula is C50H82. The molecule has 4 aliphatic carbocycles. The van der Waals surface area contributed by atoms with Crippen molar-refractivity contribution in [3.8, 4) is 35.5 Å². The maximum Gasteiger partial charge on any atom is 0.0325 e. The highest BCUT2D eigenvalue weighted by Crippen LogP contribution is 2.49. The van der Waals surface area contributed by atoms with E-state index in [1.807, 2.05) is 0 Å². The van der Waals surface area contributed by atoms with Crippen molar-refractivity contribution in [2.75, 3.05) is 0 Å². The second kappa shape index (κ2) is 23.4. The van der Waals surface area contributed by atoms with Crippen LogP contribution in [0.4, 0.5) is 0 Å². The average Bonchev–Trinajstić information content (AvgIpc) is 3.15. The van der Waals surface area contributed by atoms with Gasteiger partial charge in [-0.25, -0.2) is 0 Å². The summed E-state index contributed by atoms with van der Waals surface area (Å²) in [5.74, 6) is 26.9. The average molecular weight is 683 g/mol. The molecule has 0 amide bonds. The summed E-state index contributed by atoms with van der Waals surface area (Å²) >= 11 is 0. The minimum atomic E-state index is 0.208. The monoisotopic (exact) mass is 683 g/mol. The maximum absolute atomic E-state index is 3.81. The number of hydrogen-bond acceptors (Lipinski definition) is 0. The Labute approximate surface area is 314 Å². The molecule has 4 fully saturated rings. The van der Waals surface area contributed by atoms with E-state index in [4.69, 9.17) is 0 Å². The minimum absolute atomic E-state index is 0.208. The lowest BCUT2D eigenvalue weighted by Crippen LogP contribution is -2.31. The van der Waals surface area contributed by atoms with E-state index in [2.05, 4.69) is 63.2 Å².